The number of carbonyl (C=O) groups excluding carboxylic acids is 1. The highest BCUT2D eigenvalue weighted by atomic mass is 16.6. The number of hydrogen-bond donors (Lipinski definition) is 1. The minimum Gasteiger partial charge on any atom is -0.460 e. The first-order chi connectivity index (χ1) is 6.89. The zero-order chi connectivity index (χ0) is 11.2. The molecule has 0 aromatic heterocycles. The molecule has 2 aliphatic rings. The summed E-state index contributed by atoms with van der Waals surface area (Å²) in [7, 11) is 0. The van der Waals surface area contributed by atoms with Crippen molar-refractivity contribution in [2.45, 2.75) is 58.2 Å². The molecule has 15 heavy (non-hydrogen) atoms. The van der Waals surface area contributed by atoms with Crippen LogP contribution in [0.1, 0.15) is 40.0 Å². The van der Waals surface area contributed by atoms with Crippen LogP contribution in [0.3, 0.4) is 0 Å². The Balaban J connectivity index is 1.95. The van der Waals surface area contributed by atoms with Crippen LogP contribution >= 0.6 is 0 Å². The van der Waals surface area contributed by atoms with Gasteiger partial charge >= 0.3 is 5.97 Å². The lowest BCUT2D eigenvalue weighted by Gasteiger charge is -2.25. The molecule has 0 spiro atoms. The highest BCUT2D eigenvalue weighted by Crippen LogP contribution is 2.38. The molecule has 0 amide bonds. The summed E-state index contributed by atoms with van der Waals surface area (Å²) in [6, 6.07) is 0.231. The molecule has 0 aromatic carbocycles. The molecule has 0 saturated carbocycles. The van der Waals surface area contributed by atoms with E-state index in [1.165, 1.54) is 5.06 Å². The SMILES string of the molecule is CC(C)(C)C(=O)OC1CC2CCC1N2O. The Kier molecular flexibility index (Phi) is 2.51. The van der Waals surface area contributed by atoms with Crippen molar-refractivity contribution in [3.8, 4) is 0 Å². The summed E-state index contributed by atoms with van der Waals surface area (Å²) >= 11 is 0. The first-order valence-electron chi connectivity index (χ1n) is 5.58. The number of hydroxylamine groups is 2. The Labute approximate surface area is 90.2 Å². The fourth-order valence-electron chi connectivity index (χ4n) is 2.35. The molecule has 3 unspecified atom stereocenters. The molecule has 2 aliphatic heterocycles. The number of rotatable bonds is 1. The van der Waals surface area contributed by atoms with Gasteiger partial charge in [0.15, 0.2) is 0 Å². The van der Waals surface area contributed by atoms with E-state index in [2.05, 4.69) is 0 Å². The number of esters is 1. The lowest BCUT2D eigenvalue weighted by molar-refractivity contribution is -0.164. The Hall–Kier alpha value is -0.610. The van der Waals surface area contributed by atoms with E-state index in [0.29, 0.717) is 0 Å². The van der Waals surface area contributed by atoms with Gasteiger partial charge in [-0.2, -0.15) is 5.06 Å². The van der Waals surface area contributed by atoms with Crippen molar-refractivity contribution in [1.29, 1.82) is 0 Å². The molecule has 2 saturated heterocycles. The maximum absolute atomic E-state index is 11.7. The van der Waals surface area contributed by atoms with E-state index in [0.717, 1.165) is 19.3 Å². The van der Waals surface area contributed by atoms with Crippen LogP contribution in [-0.4, -0.2) is 34.4 Å². The Bertz CT molecular complexity index is 271. The minimum absolute atomic E-state index is 0.0290. The molecule has 4 nitrogen and oxygen atoms in total. The molecule has 2 rings (SSSR count). The van der Waals surface area contributed by atoms with Gasteiger partial charge in [-0.05, 0) is 33.6 Å². The third kappa shape index (κ3) is 1.88. The molecule has 1 N–H and O–H groups in total. The molecule has 0 radical (unpaired) electrons. The molecule has 0 aromatic rings. The summed E-state index contributed by atoms with van der Waals surface area (Å²) < 4.78 is 5.44. The number of fused-ring (bicyclic) bond motifs is 2. The topological polar surface area (TPSA) is 49.8 Å². The largest absolute Gasteiger partial charge is 0.460 e. The number of nitrogens with zero attached hydrogens (tertiary/aromatic N) is 1. The smallest absolute Gasteiger partial charge is 0.311 e. The predicted octanol–water partition coefficient (Wildman–Crippen LogP) is 1.57. The maximum atomic E-state index is 11.7. The van der Waals surface area contributed by atoms with Crippen molar-refractivity contribution in [2.75, 3.05) is 0 Å². The minimum atomic E-state index is -0.456. The summed E-state index contributed by atoms with van der Waals surface area (Å²) in [6.45, 7) is 5.54. The Morgan fingerprint density at radius 1 is 1.40 bits per heavy atom. The molecule has 4 heteroatoms. The average molecular weight is 213 g/mol. The van der Waals surface area contributed by atoms with Crippen molar-refractivity contribution >= 4 is 5.97 Å². The number of hydrogen-bond acceptors (Lipinski definition) is 4. The first-order valence-corrected chi connectivity index (χ1v) is 5.58. The second kappa shape index (κ2) is 3.46. The molecular formula is C11H19NO3. The van der Waals surface area contributed by atoms with Crippen molar-refractivity contribution in [3.63, 3.8) is 0 Å². The van der Waals surface area contributed by atoms with Crippen LogP contribution < -0.4 is 0 Å². The van der Waals surface area contributed by atoms with Crippen molar-refractivity contribution in [2.24, 2.45) is 5.41 Å². The van der Waals surface area contributed by atoms with E-state index in [9.17, 15) is 10.0 Å². The van der Waals surface area contributed by atoms with Crippen LogP contribution in [0, 0.1) is 5.41 Å². The summed E-state index contributed by atoms with van der Waals surface area (Å²) in [5.41, 5.74) is -0.456. The van der Waals surface area contributed by atoms with Gasteiger partial charge in [-0.3, -0.25) is 4.79 Å². The highest BCUT2D eigenvalue weighted by Gasteiger charge is 2.48. The number of ether oxygens (including phenoxy) is 1. The van der Waals surface area contributed by atoms with Crippen LogP contribution in [0.4, 0.5) is 0 Å². The number of carbonyl (C=O) groups is 1. The van der Waals surface area contributed by atoms with Crippen molar-refractivity contribution in [3.05, 3.63) is 0 Å². The second-order valence-electron chi connectivity index (χ2n) is 5.61. The predicted molar refractivity (Wildman–Crippen MR) is 54.4 cm³/mol. The van der Waals surface area contributed by atoms with Gasteiger partial charge in [0.1, 0.15) is 6.10 Å². The zero-order valence-corrected chi connectivity index (χ0v) is 9.56. The molecule has 2 heterocycles. The standard InChI is InChI=1S/C11H19NO3/c1-11(2,3)10(13)15-9-6-7-4-5-8(9)12(7)14/h7-9,14H,4-6H2,1-3H3. The normalized spacial score (nSPS) is 35.9. The summed E-state index contributed by atoms with van der Waals surface area (Å²) in [4.78, 5) is 11.7. The Morgan fingerprint density at radius 2 is 2.07 bits per heavy atom. The van der Waals surface area contributed by atoms with Crippen molar-refractivity contribution in [1.82, 2.24) is 5.06 Å². The van der Waals surface area contributed by atoms with E-state index < -0.39 is 5.41 Å². The van der Waals surface area contributed by atoms with Crippen molar-refractivity contribution < 1.29 is 14.7 Å². The van der Waals surface area contributed by atoms with E-state index in [4.69, 9.17) is 4.74 Å². The third-order valence-electron chi connectivity index (χ3n) is 3.31. The lowest BCUT2D eigenvalue weighted by atomic mass is 9.95. The highest BCUT2D eigenvalue weighted by molar-refractivity contribution is 5.75. The molecule has 86 valence electrons. The molecule has 2 bridgehead atoms. The summed E-state index contributed by atoms with van der Waals surface area (Å²) in [6.07, 6.45) is 2.62. The fourth-order valence-corrected chi connectivity index (χ4v) is 2.35. The van der Waals surface area contributed by atoms with Gasteiger partial charge in [0.05, 0.1) is 11.5 Å². The van der Waals surface area contributed by atoms with Gasteiger partial charge in [0, 0.05) is 12.5 Å². The monoisotopic (exact) mass is 213 g/mol. The van der Waals surface area contributed by atoms with Gasteiger partial charge in [-0.25, -0.2) is 0 Å². The Morgan fingerprint density at radius 3 is 2.47 bits per heavy atom. The lowest BCUT2D eigenvalue weighted by Crippen LogP contribution is -2.36. The van der Waals surface area contributed by atoms with Crippen LogP contribution in [0.2, 0.25) is 0 Å². The van der Waals surface area contributed by atoms with Crippen LogP contribution in [0.25, 0.3) is 0 Å². The van der Waals surface area contributed by atoms with E-state index >= 15 is 0 Å². The van der Waals surface area contributed by atoms with E-state index in [-0.39, 0.29) is 24.2 Å². The third-order valence-corrected chi connectivity index (χ3v) is 3.31. The van der Waals surface area contributed by atoms with E-state index in [1.807, 2.05) is 20.8 Å². The van der Waals surface area contributed by atoms with E-state index in [1.54, 1.807) is 0 Å². The second-order valence-corrected chi connectivity index (χ2v) is 5.61. The summed E-state index contributed by atoms with van der Waals surface area (Å²) in [5, 5.41) is 11.0. The zero-order valence-electron chi connectivity index (χ0n) is 9.56. The van der Waals surface area contributed by atoms with Crippen LogP contribution in [0.5, 0.6) is 0 Å². The van der Waals surface area contributed by atoms with Crippen LogP contribution in [0.15, 0.2) is 0 Å². The molecule has 3 atom stereocenters. The van der Waals surface area contributed by atoms with Crippen LogP contribution in [-0.2, 0) is 9.53 Å². The summed E-state index contributed by atoms with van der Waals surface area (Å²) in [5.74, 6) is -0.173. The molecule has 2 fully saturated rings. The first kappa shape index (κ1) is 10.9. The molecular weight excluding hydrogens is 194 g/mol. The van der Waals surface area contributed by atoms with Gasteiger partial charge in [-0.15, -0.1) is 0 Å². The molecule has 0 aliphatic carbocycles. The van der Waals surface area contributed by atoms with Gasteiger partial charge < -0.3 is 9.94 Å². The maximum Gasteiger partial charge on any atom is 0.311 e. The van der Waals surface area contributed by atoms with Gasteiger partial charge in [0.25, 0.3) is 0 Å². The quantitative estimate of drug-likeness (QED) is 0.672. The average Bonchev–Trinajstić information content (AvgIpc) is 2.60. The fraction of sp³-hybridized carbons (Fsp3) is 0.909. The van der Waals surface area contributed by atoms with Gasteiger partial charge in [-0.1, -0.05) is 0 Å². The van der Waals surface area contributed by atoms with Gasteiger partial charge in [0.2, 0.25) is 0 Å².